The zero-order chi connectivity index (χ0) is 13.6. The molecule has 0 amide bonds. The third-order valence-electron chi connectivity index (χ3n) is 3.27. The maximum atomic E-state index is 11.5. The Morgan fingerprint density at radius 1 is 1.37 bits per heavy atom. The first-order chi connectivity index (χ1) is 8.96. The number of nitrogens with zero attached hydrogens (tertiary/aromatic N) is 3. The van der Waals surface area contributed by atoms with E-state index in [2.05, 4.69) is 10.2 Å². The van der Waals surface area contributed by atoms with Crippen molar-refractivity contribution in [3.63, 3.8) is 0 Å². The molecule has 0 spiro atoms. The molecule has 8 heteroatoms. The number of sulfone groups is 1. The van der Waals surface area contributed by atoms with Crippen molar-refractivity contribution >= 4 is 21.5 Å². The van der Waals surface area contributed by atoms with Gasteiger partial charge in [-0.3, -0.25) is 4.40 Å². The van der Waals surface area contributed by atoms with E-state index in [1.54, 1.807) is 10.5 Å². The summed E-state index contributed by atoms with van der Waals surface area (Å²) in [5, 5.41) is 16.9. The van der Waals surface area contributed by atoms with Gasteiger partial charge in [-0.1, -0.05) is 0 Å². The minimum Gasteiger partial charge on any atom is -0.478 e. The summed E-state index contributed by atoms with van der Waals surface area (Å²) in [6.45, 7) is 0. The highest BCUT2D eigenvalue weighted by molar-refractivity contribution is 7.91. The van der Waals surface area contributed by atoms with Crippen molar-refractivity contribution < 1.29 is 18.3 Å². The third-order valence-corrected chi connectivity index (χ3v) is 5.04. The number of carboxylic acid groups (broad SMARTS) is 1. The SMILES string of the molecule is O=C(O)c1ccc2nnc(C3CCS(=O)(=O)C3)n2c1. The van der Waals surface area contributed by atoms with Crippen LogP contribution in [0.1, 0.15) is 28.5 Å². The number of carbonyl (C=O) groups is 1. The Kier molecular flexibility index (Phi) is 2.56. The molecule has 1 aliphatic rings. The zero-order valence-corrected chi connectivity index (χ0v) is 10.7. The lowest BCUT2D eigenvalue weighted by Gasteiger charge is -2.05. The van der Waals surface area contributed by atoms with Crippen LogP contribution in [0.5, 0.6) is 0 Å². The van der Waals surface area contributed by atoms with E-state index in [0.29, 0.717) is 17.9 Å². The lowest BCUT2D eigenvalue weighted by atomic mass is 10.1. The first-order valence-corrected chi connectivity index (χ1v) is 7.57. The number of hydrogen-bond donors (Lipinski definition) is 1. The van der Waals surface area contributed by atoms with Gasteiger partial charge in [-0.2, -0.15) is 0 Å². The highest BCUT2D eigenvalue weighted by Crippen LogP contribution is 2.27. The maximum Gasteiger partial charge on any atom is 0.337 e. The number of aromatic carboxylic acids is 1. The molecule has 3 rings (SSSR count). The molecular weight excluding hydrogens is 270 g/mol. The number of pyridine rings is 1. The molecule has 2 aromatic rings. The second-order valence-corrected chi connectivity index (χ2v) is 6.84. The van der Waals surface area contributed by atoms with Crippen molar-refractivity contribution in [1.82, 2.24) is 14.6 Å². The second kappa shape index (κ2) is 4.02. The Morgan fingerprint density at radius 2 is 2.16 bits per heavy atom. The minimum absolute atomic E-state index is 0.0467. The van der Waals surface area contributed by atoms with Crippen molar-refractivity contribution in [2.75, 3.05) is 11.5 Å². The van der Waals surface area contributed by atoms with Crippen molar-refractivity contribution in [3.05, 3.63) is 29.7 Å². The molecule has 0 aromatic carbocycles. The standard InChI is InChI=1S/C11H11N3O4S/c15-11(16)7-1-2-9-12-13-10(14(9)5-7)8-3-4-19(17,18)6-8/h1-2,5,8H,3-4,6H2,(H,15,16). The van der Waals surface area contributed by atoms with Crippen molar-refractivity contribution in [2.24, 2.45) is 0 Å². The van der Waals surface area contributed by atoms with Gasteiger partial charge in [-0.15, -0.1) is 10.2 Å². The molecule has 1 fully saturated rings. The van der Waals surface area contributed by atoms with Gasteiger partial charge < -0.3 is 5.11 Å². The van der Waals surface area contributed by atoms with Crippen LogP contribution in [0.4, 0.5) is 0 Å². The quantitative estimate of drug-likeness (QED) is 0.851. The van der Waals surface area contributed by atoms with Gasteiger partial charge >= 0.3 is 5.97 Å². The fourth-order valence-corrected chi connectivity index (χ4v) is 4.05. The van der Waals surface area contributed by atoms with Crippen LogP contribution in [0.15, 0.2) is 18.3 Å². The summed E-state index contributed by atoms with van der Waals surface area (Å²) >= 11 is 0. The van der Waals surface area contributed by atoms with Gasteiger partial charge in [0.15, 0.2) is 15.5 Å². The summed E-state index contributed by atoms with van der Waals surface area (Å²) in [5.74, 6) is -0.556. The number of carboxylic acids is 1. The Balaban J connectivity index is 2.09. The normalized spacial score (nSPS) is 21.8. The second-order valence-electron chi connectivity index (χ2n) is 4.61. The number of fused-ring (bicyclic) bond motifs is 1. The molecule has 1 N–H and O–H groups in total. The molecule has 0 saturated carbocycles. The van der Waals surface area contributed by atoms with Crippen LogP contribution >= 0.6 is 0 Å². The Morgan fingerprint density at radius 3 is 2.79 bits per heavy atom. The zero-order valence-electron chi connectivity index (χ0n) is 9.85. The predicted molar refractivity (Wildman–Crippen MR) is 66.0 cm³/mol. The number of hydrogen-bond acceptors (Lipinski definition) is 5. The predicted octanol–water partition coefficient (Wildman–Crippen LogP) is 0.330. The van der Waals surface area contributed by atoms with Crippen LogP contribution in [0.3, 0.4) is 0 Å². The lowest BCUT2D eigenvalue weighted by molar-refractivity contribution is 0.0696. The van der Waals surface area contributed by atoms with Gasteiger partial charge in [0.1, 0.15) is 5.82 Å². The lowest BCUT2D eigenvalue weighted by Crippen LogP contribution is -2.08. The Labute approximate surface area is 108 Å². The molecule has 100 valence electrons. The van der Waals surface area contributed by atoms with E-state index in [-0.39, 0.29) is 23.0 Å². The summed E-state index contributed by atoms with van der Waals surface area (Å²) in [4.78, 5) is 11.0. The fourth-order valence-electron chi connectivity index (χ4n) is 2.31. The monoisotopic (exact) mass is 281 g/mol. The minimum atomic E-state index is -3.01. The van der Waals surface area contributed by atoms with Crippen LogP contribution in [0, 0.1) is 0 Å². The molecule has 2 aromatic heterocycles. The summed E-state index contributed by atoms with van der Waals surface area (Å²) in [6, 6.07) is 3.00. The third kappa shape index (κ3) is 2.07. The summed E-state index contributed by atoms with van der Waals surface area (Å²) < 4.78 is 24.6. The Bertz CT molecular complexity index is 765. The Hall–Kier alpha value is -1.96. The smallest absolute Gasteiger partial charge is 0.337 e. The molecule has 0 bridgehead atoms. The van der Waals surface area contributed by atoms with Crippen LogP contribution in [-0.2, 0) is 9.84 Å². The van der Waals surface area contributed by atoms with Crippen LogP contribution in [0.25, 0.3) is 5.65 Å². The van der Waals surface area contributed by atoms with Crippen LogP contribution < -0.4 is 0 Å². The highest BCUT2D eigenvalue weighted by atomic mass is 32.2. The highest BCUT2D eigenvalue weighted by Gasteiger charge is 2.32. The van der Waals surface area contributed by atoms with E-state index in [1.165, 1.54) is 12.3 Å². The van der Waals surface area contributed by atoms with Crippen LogP contribution in [-0.4, -0.2) is 45.6 Å². The van der Waals surface area contributed by atoms with Crippen molar-refractivity contribution in [2.45, 2.75) is 12.3 Å². The topological polar surface area (TPSA) is 102 Å². The molecular formula is C11H11N3O4S. The van der Waals surface area contributed by atoms with Crippen molar-refractivity contribution in [3.8, 4) is 0 Å². The summed E-state index contributed by atoms with van der Waals surface area (Å²) in [5.41, 5.74) is 0.638. The number of rotatable bonds is 2. The van der Waals surface area contributed by atoms with E-state index in [0.717, 1.165) is 0 Å². The molecule has 7 nitrogen and oxygen atoms in total. The fraction of sp³-hybridized carbons (Fsp3) is 0.364. The van der Waals surface area contributed by atoms with E-state index < -0.39 is 15.8 Å². The molecule has 1 aliphatic heterocycles. The average Bonchev–Trinajstić information content (AvgIpc) is 2.91. The van der Waals surface area contributed by atoms with Gasteiger partial charge in [0, 0.05) is 12.1 Å². The van der Waals surface area contributed by atoms with Gasteiger partial charge in [-0.05, 0) is 18.6 Å². The van der Waals surface area contributed by atoms with Crippen LogP contribution in [0.2, 0.25) is 0 Å². The molecule has 1 unspecified atom stereocenters. The van der Waals surface area contributed by atoms with E-state index in [4.69, 9.17) is 5.11 Å². The van der Waals surface area contributed by atoms with E-state index >= 15 is 0 Å². The number of aromatic nitrogens is 3. The molecule has 19 heavy (non-hydrogen) atoms. The summed E-state index contributed by atoms with van der Waals surface area (Å²) in [7, 11) is -3.01. The molecule has 3 heterocycles. The van der Waals surface area contributed by atoms with Gasteiger partial charge in [-0.25, -0.2) is 13.2 Å². The first-order valence-electron chi connectivity index (χ1n) is 5.75. The first kappa shape index (κ1) is 12.1. The average molecular weight is 281 g/mol. The molecule has 0 radical (unpaired) electrons. The molecule has 0 aliphatic carbocycles. The van der Waals surface area contributed by atoms with Crippen molar-refractivity contribution in [1.29, 1.82) is 0 Å². The van der Waals surface area contributed by atoms with E-state index in [1.807, 2.05) is 0 Å². The van der Waals surface area contributed by atoms with Gasteiger partial charge in [0.05, 0.1) is 17.1 Å². The molecule has 1 saturated heterocycles. The van der Waals surface area contributed by atoms with E-state index in [9.17, 15) is 13.2 Å². The van der Waals surface area contributed by atoms with Gasteiger partial charge in [0.2, 0.25) is 0 Å². The summed E-state index contributed by atoms with van der Waals surface area (Å²) in [6.07, 6.45) is 1.93. The maximum absolute atomic E-state index is 11.5. The molecule has 1 atom stereocenters. The van der Waals surface area contributed by atoms with Gasteiger partial charge in [0.25, 0.3) is 0 Å². The largest absolute Gasteiger partial charge is 0.478 e.